The third kappa shape index (κ3) is 4.95. The molecule has 6 nitrogen and oxygen atoms in total. The molecule has 3 N–H and O–H groups in total. The summed E-state index contributed by atoms with van der Waals surface area (Å²) in [6.45, 7) is -0.00837. The number of hydrogen-bond acceptors (Lipinski definition) is 5. The Morgan fingerprint density at radius 1 is 1.38 bits per heavy atom. The molecule has 2 aromatic carbocycles. The van der Waals surface area contributed by atoms with Gasteiger partial charge < -0.3 is 15.2 Å². The van der Waals surface area contributed by atoms with Gasteiger partial charge in [0.1, 0.15) is 5.82 Å². The topological polar surface area (TPSA) is 83.0 Å². The van der Waals surface area contributed by atoms with Crippen LogP contribution in [0.1, 0.15) is 5.56 Å². The number of ether oxygens (including phenoxy) is 1. The number of methoxy groups -OCH3 is 1. The number of nitrogens with one attached hydrogen (secondary N) is 2. The summed E-state index contributed by atoms with van der Waals surface area (Å²) in [5.74, 6) is -0.428. The number of anilines is 1. The Labute approximate surface area is 146 Å². The van der Waals surface area contributed by atoms with Gasteiger partial charge in [-0.3, -0.25) is 4.79 Å². The number of phenolic OH excluding ortho intramolecular Hbond substituents is 1. The monoisotopic (exact) mass is 395 g/mol. The maximum atomic E-state index is 12.8. The van der Waals surface area contributed by atoms with Crippen LogP contribution in [0.15, 0.2) is 46.0 Å². The van der Waals surface area contributed by atoms with Crippen LogP contribution in [0.4, 0.5) is 10.1 Å². The molecule has 1 amide bonds. The first kappa shape index (κ1) is 17.7. The second-order valence-electron chi connectivity index (χ2n) is 4.71. The molecule has 0 bridgehead atoms. The van der Waals surface area contributed by atoms with E-state index in [1.54, 1.807) is 12.1 Å². The number of halogens is 2. The molecule has 0 aliphatic heterocycles. The summed E-state index contributed by atoms with van der Waals surface area (Å²) in [5.41, 5.74) is 3.62. The first-order valence-corrected chi connectivity index (χ1v) is 7.66. The van der Waals surface area contributed by atoms with Gasteiger partial charge >= 0.3 is 0 Å². The first-order valence-electron chi connectivity index (χ1n) is 6.87. The second-order valence-corrected chi connectivity index (χ2v) is 5.56. The van der Waals surface area contributed by atoms with Crippen molar-refractivity contribution in [2.75, 3.05) is 19.0 Å². The third-order valence-corrected chi connectivity index (χ3v) is 3.58. The number of carbonyl (C=O) groups is 1. The standard InChI is InChI=1S/C16H15BrFN3O3/c1-24-14-7-10(6-13(17)16(14)23)8-20-21-15(22)9-19-12-4-2-11(18)3-5-12/h2-8,19,23H,9H2,1H3,(H,21,22)/b20-8+. The van der Waals surface area contributed by atoms with E-state index in [2.05, 4.69) is 31.8 Å². The van der Waals surface area contributed by atoms with Crippen molar-refractivity contribution in [2.24, 2.45) is 5.10 Å². The van der Waals surface area contributed by atoms with Crippen LogP contribution in [0, 0.1) is 5.82 Å². The molecule has 0 heterocycles. The molecule has 0 saturated carbocycles. The summed E-state index contributed by atoms with van der Waals surface area (Å²) in [6, 6.07) is 8.87. The number of benzene rings is 2. The Bertz CT molecular complexity index is 751. The largest absolute Gasteiger partial charge is 0.503 e. The van der Waals surface area contributed by atoms with Gasteiger partial charge in [0.25, 0.3) is 5.91 Å². The fraction of sp³-hybridized carbons (Fsp3) is 0.125. The Morgan fingerprint density at radius 2 is 2.08 bits per heavy atom. The molecule has 8 heteroatoms. The summed E-state index contributed by atoms with van der Waals surface area (Å²) in [7, 11) is 1.44. The van der Waals surface area contributed by atoms with Crippen LogP contribution in [0.25, 0.3) is 0 Å². The Kier molecular flexibility index (Phi) is 6.14. The normalized spacial score (nSPS) is 10.6. The number of hydrogen-bond donors (Lipinski definition) is 3. The molecule has 126 valence electrons. The minimum Gasteiger partial charge on any atom is -0.503 e. The fourth-order valence-electron chi connectivity index (χ4n) is 1.79. The van der Waals surface area contributed by atoms with Crippen molar-refractivity contribution in [1.82, 2.24) is 5.43 Å². The van der Waals surface area contributed by atoms with Crippen LogP contribution < -0.4 is 15.5 Å². The highest BCUT2D eigenvalue weighted by atomic mass is 79.9. The number of rotatable bonds is 6. The molecular weight excluding hydrogens is 381 g/mol. The molecule has 0 atom stereocenters. The van der Waals surface area contributed by atoms with Gasteiger partial charge in [0.2, 0.25) is 0 Å². The molecular formula is C16H15BrFN3O3. The van der Waals surface area contributed by atoms with Gasteiger partial charge in [-0.15, -0.1) is 0 Å². The molecule has 0 aliphatic carbocycles. The van der Waals surface area contributed by atoms with Gasteiger partial charge in [-0.1, -0.05) is 0 Å². The van der Waals surface area contributed by atoms with Crippen molar-refractivity contribution in [3.05, 3.63) is 52.3 Å². The number of hydrazone groups is 1. The maximum absolute atomic E-state index is 12.8. The van der Waals surface area contributed by atoms with E-state index in [0.717, 1.165) is 0 Å². The fourth-order valence-corrected chi connectivity index (χ4v) is 2.25. The zero-order chi connectivity index (χ0) is 17.5. The van der Waals surface area contributed by atoms with E-state index in [9.17, 15) is 14.3 Å². The molecule has 0 aromatic heterocycles. The van der Waals surface area contributed by atoms with Crippen LogP contribution in [-0.4, -0.2) is 30.9 Å². The molecule has 0 fully saturated rings. The number of carbonyl (C=O) groups excluding carboxylic acids is 1. The summed E-state index contributed by atoms with van der Waals surface area (Å²) in [6.07, 6.45) is 1.42. The second kappa shape index (κ2) is 8.30. The minimum atomic E-state index is -0.361. The lowest BCUT2D eigenvalue weighted by molar-refractivity contribution is -0.119. The smallest absolute Gasteiger partial charge is 0.259 e. The highest BCUT2D eigenvalue weighted by Gasteiger charge is 2.07. The van der Waals surface area contributed by atoms with Crippen LogP contribution >= 0.6 is 15.9 Å². The lowest BCUT2D eigenvalue weighted by Crippen LogP contribution is -2.25. The van der Waals surface area contributed by atoms with Crippen molar-refractivity contribution in [2.45, 2.75) is 0 Å². The Balaban J connectivity index is 1.88. The van der Waals surface area contributed by atoms with Crippen molar-refractivity contribution in [3.8, 4) is 11.5 Å². The lowest BCUT2D eigenvalue weighted by Gasteiger charge is -2.06. The van der Waals surface area contributed by atoms with Gasteiger partial charge in [-0.05, 0) is 57.9 Å². The van der Waals surface area contributed by atoms with Gasteiger partial charge in [0.15, 0.2) is 11.5 Å². The number of amides is 1. The molecule has 2 aromatic rings. The van der Waals surface area contributed by atoms with Crippen molar-refractivity contribution >= 4 is 33.7 Å². The van der Waals surface area contributed by atoms with Gasteiger partial charge in [-0.2, -0.15) is 5.10 Å². The minimum absolute atomic E-state index is 0.00837. The Morgan fingerprint density at radius 3 is 2.75 bits per heavy atom. The van der Waals surface area contributed by atoms with E-state index in [-0.39, 0.29) is 29.8 Å². The van der Waals surface area contributed by atoms with Crippen LogP contribution in [0.5, 0.6) is 11.5 Å². The van der Waals surface area contributed by atoms with E-state index < -0.39 is 0 Å². The van der Waals surface area contributed by atoms with E-state index >= 15 is 0 Å². The summed E-state index contributed by atoms with van der Waals surface area (Å²) >= 11 is 3.20. The zero-order valence-electron chi connectivity index (χ0n) is 12.7. The number of aromatic hydroxyl groups is 1. The maximum Gasteiger partial charge on any atom is 0.259 e. The first-order chi connectivity index (χ1) is 11.5. The van der Waals surface area contributed by atoms with E-state index in [0.29, 0.717) is 15.7 Å². The number of phenols is 1. The number of nitrogens with zero attached hydrogens (tertiary/aromatic N) is 1. The van der Waals surface area contributed by atoms with E-state index in [4.69, 9.17) is 4.74 Å². The average molecular weight is 396 g/mol. The van der Waals surface area contributed by atoms with E-state index in [1.165, 1.54) is 37.6 Å². The van der Waals surface area contributed by atoms with Crippen molar-refractivity contribution in [3.63, 3.8) is 0 Å². The summed E-state index contributed by atoms with van der Waals surface area (Å²) in [5, 5.41) is 16.4. The predicted octanol–water partition coefficient (Wildman–Crippen LogP) is 2.86. The summed E-state index contributed by atoms with van der Waals surface area (Å²) in [4.78, 5) is 11.7. The predicted molar refractivity (Wildman–Crippen MR) is 93.0 cm³/mol. The van der Waals surface area contributed by atoms with Gasteiger partial charge in [0, 0.05) is 5.69 Å². The van der Waals surface area contributed by atoms with Crippen LogP contribution in [0.3, 0.4) is 0 Å². The molecule has 0 spiro atoms. The van der Waals surface area contributed by atoms with Gasteiger partial charge in [0.05, 0.1) is 24.3 Å². The van der Waals surface area contributed by atoms with Crippen LogP contribution in [-0.2, 0) is 4.79 Å². The highest BCUT2D eigenvalue weighted by molar-refractivity contribution is 9.10. The zero-order valence-corrected chi connectivity index (χ0v) is 14.3. The quantitative estimate of drug-likeness (QED) is 0.518. The summed E-state index contributed by atoms with van der Waals surface area (Å²) < 4.78 is 18.2. The Hall–Kier alpha value is -2.61. The highest BCUT2D eigenvalue weighted by Crippen LogP contribution is 2.34. The molecule has 0 unspecified atom stereocenters. The van der Waals surface area contributed by atoms with Gasteiger partial charge in [-0.25, -0.2) is 9.82 Å². The van der Waals surface area contributed by atoms with E-state index in [1.807, 2.05) is 0 Å². The average Bonchev–Trinajstić information content (AvgIpc) is 2.57. The lowest BCUT2D eigenvalue weighted by atomic mass is 10.2. The SMILES string of the molecule is COc1cc(/C=N/NC(=O)CNc2ccc(F)cc2)cc(Br)c1O. The van der Waals surface area contributed by atoms with Crippen molar-refractivity contribution in [1.29, 1.82) is 0 Å². The molecule has 0 radical (unpaired) electrons. The molecule has 2 rings (SSSR count). The third-order valence-electron chi connectivity index (χ3n) is 2.97. The van der Waals surface area contributed by atoms with Crippen molar-refractivity contribution < 1.29 is 19.0 Å². The molecule has 24 heavy (non-hydrogen) atoms. The van der Waals surface area contributed by atoms with Crippen LogP contribution in [0.2, 0.25) is 0 Å². The molecule has 0 saturated heterocycles. The molecule has 0 aliphatic rings.